The SMILES string of the molecule is Cc1ccc(-c2ccc(N(c3ccccc3)c3ccc(-c4cccc5c4oc4c5ccc5sc6ccccc6c54)cc3)cc2)cc1. The summed E-state index contributed by atoms with van der Waals surface area (Å²) in [5, 5.41) is 4.77. The third-order valence-corrected chi connectivity index (χ3v) is 10.1. The lowest BCUT2D eigenvalue weighted by Gasteiger charge is -2.26. The number of thiophene rings is 1. The highest BCUT2D eigenvalue weighted by Gasteiger charge is 2.18. The highest BCUT2D eigenvalue weighted by Crippen LogP contribution is 2.44. The van der Waals surface area contributed by atoms with Crippen LogP contribution in [0.5, 0.6) is 0 Å². The molecule has 218 valence electrons. The van der Waals surface area contributed by atoms with Crippen LogP contribution in [0.1, 0.15) is 5.56 Å². The average Bonchev–Trinajstić information content (AvgIpc) is 3.68. The molecule has 0 bridgehead atoms. The molecular formula is C43H29NOS. The lowest BCUT2D eigenvalue weighted by molar-refractivity contribution is 0.674. The van der Waals surface area contributed by atoms with Gasteiger partial charge in [0.15, 0.2) is 0 Å². The van der Waals surface area contributed by atoms with E-state index in [-0.39, 0.29) is 0 Å². The van der Waals surface area contributed by atoms with Crippen LogP contribution in [0.4, 0.5) is 17.1 Å². The molecule has 2 nitrogen and oxygen atoms in total. The van der Waals surface area contributed by atoms with Gasteiger partial charge in [0.2, 0.25) is 0 Å². The molecule has 0 unspecified atom stereocenters. The molecule has 2 heterocycles. The smallest absolute Gasteiger partial charge is 0.144 e. The molecule has 9 rings (SSSR count). The van der Waals surface area contributed by atoms with Gasteiger partial charge in [-0.05, 0) is 78.2 Å². The van der Waals surface area contributed by atoms with Crippen molar-refractivity contribution in [2.45, 2.75) is 6.92 Å². The Labute approximate surface area is 271 Å². The molecule has 0 fully saturated rings. The normalized spacial score (nSPS) is 11.6. The van der Waals surface area contributed by atoms with Gasteiger partial charge in [-0.25, -0.2) is 0 Å². The molecule has 0 aliphatic heterocycles. The summed E-state index contributed by atoms with van der Waals surface area (Å²) in [5.74, 6) is 0. The molecule has 3 heteroatoms. The number of furan rings is 1. The van der Waals surface area contributed by atoms with Crippen LogP contribution in [0.3, 0.4) is 0 Å². The minimum atomic E-state index is 0.930. The fourth-order valence-electron chi connectivity index (χ4n) is 6.66. The van der Waals surface area contributed by atoms with Gasteiger partial charge < -0.3 is 9.32 Å². The maximum atomic E-state index is 6.78. The van der Waals surface area contributed by atoms with E-state index in [0.717, 1.165) is 50.1 Å². The van der Waals surface area contributed by atoms with Crippen LogP contribution in [0.25, 0.3) is 64.4 Å². The zero-order valence-corrected chi connectivity index (χ0v) is 26.1. The molecule has 0 aliphatic rings. The molecule has 0 amide bonds. The molecule has 0 radical (unpaired) electrons. The van der Waals surface area contributed by atoms with Crippen molar-refractivity contribution in [2.24, 2.45) is 0 Å². The Balaban J connectivity index is 1.13. The predicted molar refractivity (Wildman–Crippen MR) is 197 cm³/mol. The average molecular weight is 608 g/mol. The second-order valence-corrected chi connectivity index (χ2v) is 12.9. The van der Waals surface area contributed by atoms with Gasteiger partial charge in [-0.1, -0.05) is 109 Å². The van der Waals surface area contributed by atoms with Gasteiger partial charge in [-0.3, -0.25) is 0 Å². The quantitative estimate of drug-likeness (QED) is 0.193. The Morgan fingerprint density at radius 1 is 0.435 bits per heavy atom. The number of para-hydroxylation sites is 2. The number of hydrogen-bond donors (Lipinski definition) is 0. The lowest BCUT2D eigenvalue weighted by Crippen LogP contribution is -2.09. The molecule has 0 saturated heterocycles. The molecule has 2 aromatic heterocycles. The Morgan fingerprint density at radius 2 is 1.02 bits per heavy atom. The van der Waals surface area contributed by atoms with Gasteiger partial charge in [0, 0.05) is 53.6 Å². The Kier molecular flexibility index (Phi) is 6.25. The largest absolute Gasteiger partial charge is 0.455 e. The van der Waals surface area contributed by atoms with Crippen LogP contribution in [-0.2, 0) is 0 Å². The first-order valence-corrected chi connectivity index (χ1v) is 16.4. The number of aryl methyl sites for hydroxylation is 1. The molecule has 7 aromatic carbocycles. The molecule has 0 saturated carbocycles. The predicted octanol–water partition coefficient (Wildman–Crippen LogP) is 13.1. The van der Waals surface area contributed by atoms with E-state index in [9.17, 15) is 0 Å². The van der Waals surface area contributed by atoms with Crippen LogP contribution >= 0.6 is 11.3 Å². The van der Waals surface area contributed by atoms with Crippen molar-refractivity contribution in [3.8, 4) is 22.3 Å². The van der Waals surface area contributed by atoms with Crippen LogP contribution in [0.15, 0.2) is 162 Å². The number of nitrogens with zero attached hydrogens (tertiary/aromatic N) is 1. The molecule has 0 atom stereocenters. The minimum absolute atomic E-state index is 0.930. The summed E-state index contributed by atoms with van der Waals surface area (Å²) < 4.78 is 9.33. The van der Waals surface area contributed by atoms with Crippen molar-refractivity contribution in [2.75, 3.05) is 4.90 Å². The lowest BCUT2D eigenvalue weighted by atomic mass is 10.0. The van der Waals surface area contributed by atoms with E-state index in [1.54, 1.807) is 0 Å². The zero-order valence-electron chi connectivity index (χ0n) is 25.3. The van der Waals surface area contributed by atoms with Crippen molar-refractivity contribution < 1.29 is 4.42 Å². The minimum Gasteiger partial charge on any atom is -0.455 e. The van der Waals surface area contributed by atoms with Crippen LogP contribution < -0.4 is 4.90 Å². The van der Waals surface area contributed by atoms with Crippen molar-refractivity contribution in [3.63, 3.8) is 0 Å². The van der Waals surface area contributed by atoms with E-state index in [1.807, 2.05) is 11.3 Å². The van der Waals surface area contributed by atoms with E-state index in [1.165, 1.54) is 36.9 Å². The summed E-state index contributed by atoms with van der Waals surface area (Å²) in [7, 11) is 0. The Morgan fingerprint density at radius 3 is 1.76 bits per heavy atom. The monoisotopic (exact) mass is 607 g/mol. The van der Waals surface area contributed by atoms with Gasteiger partial charge in [-0.15, -0.1) is 11.3 Å². The molecular weight excluding hydrogens is 579 g/mol. The third kappa shape index (κ3) is 4.40. The summed E-state index contributed by atoms with van der Waals surface area (Å²) in [6.45, 7) is 2.12. The Bertz CT molecular complexity index is 2510. The first-order chi connectivity index (χ1) is 22.7. The third-order valence-electron chi connectivity index (χ3n) is 8.97. The number of fused-ring (bicyclic) bond motifs is 7. The van der Waals surface area contributed by atoms with Crippen LogP contribution in [0, 0.1) is 6.92 Å². The van der Waals surface area contributed by atoms with E-state index in [4.69, 9.17) is 4.42 Å². The molecule has 0 aliphatic carbocycles. The summed E-state index contributed by atoms with van der Waals surface area (Å²) >= 11 is 1.82. The van der Waals surface area contributed by atoms with Crippen molar-refractivity contribution in [1.82, 2.24) is 0 Å². The van der Waals surface area contributed by atoms with Gasteiger partial charge in [0.05, 0.1) is 0 Å². The van der Waals surface area contributed by atoms with Gasteiger partial charge >= 0.3 is 0 Å². The van der Waals surface area contributed by atoms with Gasteiger partial charge in [0.25, 0.3) is 0 Å². The van der Waals surface area contributed by atoms with Gasteiger partial charge in [0.1, 0.15) is 11.2 Å². The molecule has 9 aromatic rings. The number of hydrogen-bond acceptors (Lipinski definition) is 3. The van der Waals surface area contributed by atoms with E-state index in [2.05, 4.69) is 170 Å². The first kappa shape index (κ1) is 26.7. The number of rotatable bonds is 5. The van der Waals surface area contributed by atoms with Crippen LogP contribution in [-0.4, -0.2) is 0 Å². The standard InChI is InChI=1S/C43H29NOS/c1-28-14-16-29(17-15-28)30-18-22-33(23-19-30)44(32-8-3-2-4-9-32)34-24-20-31(21-25-34)35-11-7-12-36-37-26-27-40-41(43(37)45-42(35)36)38-10-5-6-13-39(38)46-40/h2-27H,1H3. The number of benzene rings is 7. The fourth-order valence-corrected chi connectivity index (χ4v) is 7.76. The second-order valence-electron chi connectivity index (χ2n) is 11.8. The summed E-state index contributed by atoms with van der Waals surface area (Å²) in [4.78, 5) is 2.31. The summed E-state index contributed by atoms with van der Waals surface area (Å²) in [6.07, 6.45) is 0. The molecule has 0 N–H and O–H groups in total. The van der Waals surface area contributed by atoms with Gasteiger partial charge in [-0.2, -0.15) is 0 Å². The highest BCUT2D eigenvalue weighted by atomic mass is 32.1. The fraction of sp³-hybridized carbons (Fsp3) is 0.0233. The van der Waals surface area contributed by atoms with E-state index < -0.39 is 0 Å². The zero-order chi connectivity index (χ0) is 30.6. The van der Waals surface area contributed by atoms with E-state index in [0.29, 0.717) is 0 Å². The maximum Gasteiger partial charge on any atom is 0.144 e. The van der Waals surface area contributed by atoms with E-state index >= 15 is 0 Å². The maximum absolute atomic E-state index is 6.78. The van der Waals surface area contributed by atoms with Crippen molar-refractivity contribution in [1.29, 1.82) is 0 Å². The Hall–Kier alpha value is -5.64. The molecule has 46 heavy (non-hydrogen) atoms. The summed E-state index contributed by atoms with van der Waals surface area (Å²) in [6, 6.07) is 56.5. The second kappa shape index (κ2) is 10.8. The topological polar surface area (TPSA) is 16.4 Å². The van der Waals surface area contributed by atoms with Crippen molar-refractivity contribution in [3.05, 3.63) is 163 Å². The highest BCUT2D eigenvalue weighted by molar-refractivity contribution is 7.26. The first-order valence-electron chi connectivity index (χ1n) is 15.6. The number of anilines is 3. The molecule has 0 spiro atoms. The van der Waals surface area contributed by atoms with Crippen molar-refractivity contribution >= 4 is 70.5 Å². The summed E-state index contributed by atoms with van der Waals surface area (Å²) in [5.41, 5.74) is 11.2. The van der Waals surface area contributed by atoms with Crippen LogP contribution in [0.2, 0.25) is 0 Å².